The molecule has 0 fully saturated rings. The Morgan fingerprint density at radius 1 is 1.29 bits per heavy atom. The predicted octanol–water partition coefficient (Wildman–Crippen LogP) is -0.450. The van der Waals surface area contributed by atoms with Gasteiger partial charge in [-0.15, -0.1) is 0 Å². The van der Waals surface area contributed by atoms with Crippen LogP contribution in [-0.4, -0.2) is 21.8 Å². The summed E-state index contributed by atoms with van der Waals surface area (Å²) >= 11 is 0. The second-order valence-electron chi connectivity index (χ2n) is 0.283. The predicted molar refractivity (Wildman–Crippen MR) is 16.8 cm³/mol. The third kappa shape index (κ3) is 555. The van der Waals surface area contributed by atoms with Crippen LogP contribution in [0.15, 0.2) is 0 Å². The summed E-state index contributed by atoms with van der Waals surface area (Å²) in [6, 6.07) is 0. The Morgan fingerprint density at radius 3 is 1.29 bits per heavy atom. The van der Waals surface area contributed by atoms with E-state index in [9.17, 15) is 0 Å². The summed E-state index contributed by atoms with van der Waals surface area (Å²) in [6.45, 7) is 0. The topological polar surface area (TPSA) is 89.0 Å². The van der Waals surface area contributed by atoms with Crippen molar-refractivity contribution in [1.29, 1.82) is 0 Å². The van der Waals surface area contributed by atoms with Crippen LogP contribution in [0.5, 0.6) is 0 Å². The minimum absolute atomic E-state index is 0. The molecule has 0 aliphatic heterocycles. The molecule has 0 atom stereocenters. The third-order valence-corrected chi connectivity index (χ3v) is 0. The van der Waals surface area contributed by atoms with Gasteiger partial charge in [-0.25, -0.2) is 4.79 Å². The van der Waals surface area contributed by atoms with Gasteiger partial charge >= 0.3 is 6.16 Å². The van der Waals surface area contributed by atoms with Gasteiger partial charge in [-0.1, -0.05) is 0 Å². The standard InChI is InChI=1S/CH2O3.FH.Gd.H2O/c2-1(3)4;;;/h(H2,2,3,4);1H;;1H2. The summed E-state index contributed by atoms with van der Waals surface area (Å²) in [4.78, 5) is 8.56. The van der Waals surface area contributed by atoms with E-state index in [1.54, 1.807) is 0 Å². The Hall–Kier alpha value is 0.485. The zero-order valence-electron chi connectivity index (χ0n) is 3.06. The molecule has 0 aromatic rings. The van der Waals surface area contributed by atoms with Crippen LogP contribution in [0.4, 0.5) is 9.50 Å². The molecule has 48 valence electrons. The average molecular weight is 257 g/mol. The molecule has 4 N–H and O–H groups in total. The molecule has 4 nitrogen and oxygen atoms in total. The van der Waals surface area contributed by atoms with Crippen LogP contribution in [0, 0.1) is 39.9 Å². The van der Waals surface area contributed by atoms with Crippen molar-refractivity contribution >= 4 is 6.16 Å². The monoisotopic (exact) mass is 258 g/mol. The molecule has 0 unspecified atom stereocenters. The van der Waals surface area contributed by atoms with E-state index in [2.05, 4.69) is 0 Å². The van der Waals surface area contributed by atoms with Crippen molar-refractivity contribution in [2.45, 2.75) is 0 Å². The Labute approximate surface area is 70.9 Å². The van der Waals surface area contributed by atoms with E-state index in [1.807, 2.05) is 0 Å². The molecular weight excluding hydrogens is 252 g/mol. The Morgan fingerprint density at radius 2 is 1.29 bits per heavy atom. The van der Waals surface area contributed by atoms with Gasteiger partial charge in [0, 0.05) is 39.9 Å². The van der Waals surface area contributed by atoms with Gasteiger partial charge in [0.2, 0.25) is 0 Å². The molecular formula is CH5FGdO4. The second kappa shape index (κ2) is 16.1. The number of hydrogen-bond acceptors (Lipinski definition) is 1. The average Bonchev–Trinajstić information content (AvgIpc) is 0.811. The minimum atomic E-state index is -1.83. The van der Waals surface area contributed by atoms with Crippen LogP contribution in [0.3, 0.4) is 0 Å². The molecule has 0 amide bonds. The van der Waals surface area contributed by atoms with Crippen LogP contribution in [0.2, 0.25) is 0 Å². The summed E-state index contributed by atoms with van der Waals surface area (Å²) in [6.07, 6.45) is -1.83. The number of hydrogen-bond donors (Lipinski definition) is 2. The molecule has 0 heterocycles. The molecule has 0 spiro atoms. The van der Waals surface area contributed by atoms with Gasteiger partial charge in [-0.3, -0.25) is 4.70 Å². The molecule has 0 aliphatic carbocycles. The first-order valence-electron chi connectivity index (χ1n) is 0.651. The molecule has 0 saturated heterocycles. The molecule has 0 rings (SSSR count). The van der Waals surface area contributed by atoms with Gasteiger partial charge in [-0.2, -0.15) is 0 Å². The van der Waals surface area contributed by atoms with Crippen LogP contribution < -0.4 is 0 Å². The van der Waals surface area contributed by atoms with Crippen LogP contribution >= 0.6 is 0 Å². The van der Waals surface area contributed by atoms with E-state index >= 15 is 0 Å². The first-order chi connectivity index (χ1) is 1.73. The van der Waals surface area contributed by atoms with Crippen molar-refractivity contribution in [3.05, 3.63) is 0 Å². The summed E-state index contributed by atoms with van der Waals surface area (Å²) < 4.78 is 0. The summed E-state index contributed by atoms with van der Waals surface area (Å²) in [5.74, 6) is 0. The van der Waals surface area contributed by atoms with Gasteiger partial charge in [0.1, 0.15) is 0 Å². The van der Waals surface area contributed by atoms with Crippen molar-refractivity contribution in [3.63, 3.8) is 0 Å². The fourth-order valence-electron chi connectivity index (χ4n) is 0. The number of carbonyl (C=O) groups is 1. The van der Waals surface area contributed by atoms with Crippen molar-refractivity contribution in [2.75, 3.05) is 0 Å². The van der Waals surface area contributed by atoms with E-state index in [1.165, 1.54) is 0 Å². The maximum absolute atomic E-state index is 8.56. The van der Waals surface area contributed by atoms with Gasteiger partial charge in [0.15, 0.2) is 0 Å². The fraction of sp³-hybridized carbons (Fsp3) is 0. The molecule has 0 bridgehead atoms. The molecule has 0 aromatic heterocycles. The third-order valence-electron chi connectivity index (χ3n) is 0. The fourth-order valence-corrected chi connectivity index (χ4v) is 0. The second-order valence-corrected chi connectivity index (χ2v) is 0.283. The SMILES string of the molecule is F.O.O=C(O)O.[Gd]. The zero-order chi connectivity index (χ0) is 3.58. The van der Waals surface area contributed by atoms with Gasteiger partial charge in [0.25, 0.3) is 0 Å². The summed E-state index contributed by atoms with van der Waals surface area (Å²) in [7, 11) is 0. The van der Waals surface area contributed by atoms with E-state index in [0.29, 0.717) is 0 Å². The molecule has 7 heavy (non-hydrogen) atoms. The van der Waals surface area contributed by atoms with Crippen LogP contribution in [0.25, 0.3) is 0 Å². The molecule has 6 heteroatoms. The van der Waals surface area contributed by atoms with Crippen molar-refractivity contribution in [1.82, 2.24) is 0 Å². The van der Waals surface area contributed by atoms with E-state index < -0.39 is 6.16 Å². The Bertz CT molecular complexity index is 34.7. The zero-order valence-corrected chi connectivity index (χ0v) is 5.33. The molecule has 0 aromatic carbocycles. The normalized spacial score (nSPS) is 3.43. The van der Waals surface area contributed by atoms with Crippen molar-refractivity contribution < 1.29 is 65.1 Å². The minimum Gasteiger partial charge on any atom is -0.450 e. The number of rotatable bonds is 0. The van der Waals surface area contributed by atoms with Gasteiger partial charge in [-0.05, 0) is 0 Å². The molecule has 0 radical (unpaired) electrons. The quantitative estimate of drug-likeness (QED) is 0.616. The smallest absolute Gasteiger partial charge is 0.450 e. The largest absolute Gasteiger partial charge is 0.503 e. The number of halogens is 1. The number of carboxylic acid groups (broad SMARTS) is 2. The summed E-state index contributed by atoms with van der Waals surface area (Å²) in [5, 5.41) is 13.9. The summed E-state index contributed by atoms with van der Waals surface area (Å²) in [5.41, 5.74) is 0. The Balaban J connectivity index is -0.0000000150. The Kier molecular flexibility index (Phi) is 59.5. The van der Waals surface area contributed by atoms with Gasteiger partial charge in [0.05, 0.1) is 0 Å². The first kappa shape index (κ1) is 25.9. The maximum Gasteiger partial charge on any atom is 0.503 e. The van der Waals surface area contributed by atoms with Crippen LogP contribution in [-0.2, 0) is 0 Å². The maximum atomic E-state index is 8.56. The van der Waals surface area contributed by atoms with E-state index in [0.717, 1.165) is 0 Å². The van der Waals surface area contributed by atoms with E-state index in [4.69, 9.17) is 15.0 Å². The van der Waals surface area contributed by atoms with Crippen molar-refractivity contribution in [3.8, 4) is 0 Å². The van der Waals surface area contributed by atoms with Gasteiger partial charge < -0.3 is 15.7 Å². The first-order valence-corrected chi connectivity index (χ1v) is 0.651. The van der Waals surface area contributed by atoms with Crippen molar-refractivity contribution in [2.24, 2.45) is 0 Å². The molecule has 0 aliphatic rings. The van der Waals surface area contributed by atoms with Crippen LogP contribution in [0.1, 0.15) is 0 Å². The van der Waals surface area contributed by atoms with E-state index in [-0.39, 0.29) is 50.1 Å². The molecule has 0 saturated carbocycles.